The topological polar surface area (TPSA) is 75.9 Å². The number of aromatic nitrogens is 4. The molecule has 6 heteroatoms. The summed E-state index contributed by atoms with van der Waals surface area (Å²) in [6.07, 6.45) is 2.33. The van der Waals surface area contributed by atoms with E-state index in [2.05, 4.69) is 33.8 Å². The second-order valence-corrected chi connectivity index (χ2v) is 4.10. The maximum absolute atomic E-state index is 8.75. The van der Waals surface area contributed by atoms with E-state index < -0.39 is 0 Å². The molecule has 0 bridgehead atoms. The number of rotatable bonds is 6. The van der Waals surface area contributed by atoms with Crippen LogP contribution >= 0.6 is 0 Å². The standard InChI is InChI=1S/C12H17N5O/c1-10(13-6-3-7-18)11-4-2-5-12(8-11)17-9-14-15-16-17/h2,4-5,8-10,13,18H,3,6-7H2,1H3. The molecule has 0 aliphatic carbocycles. The summed E-state index contributed by atoms with van der Waals surface area (Å²) < 4.78 is 1.63. The van der Waals surface area contributed by atoms with Gasteiger partial charge in [-0.15, -0.1) is 5.10 Å². The lowest BCUT2D eigenvalue weighted by Gasteiger charge is -2.14. The van der Waals surface area contributed by atoms with Gasteiger partial charge in [0.2, 0.25) is 0 Å². The molecule has 0 radical (unpaired) electrons. The van der Waals surface area contributed by atoms with E-state index in [1.54, 1.807) is 11.0 Å². The Balaban J connectivity index is 2.07. The second-order valence-electron chi connectivity index (χ2n) is 4.10. The zero-order valence-electron chi connectivity index (χ0n) is 10.3. The van der Waals surface area contributed by atoms with Crippen molar-refractivity contribution in [3.63, 3.8) is 0 Å². The van der Waals surface area contributed by atoms with E-state index >= 15 is 0 Å². The molecule has 1 heterocycles. The van der Waals surface area contributed by atoms with Crippen LogP contribution in [0.1, 0.15) is 24.9 Å². The highest BCUT2D eigenvalue weighted by Crippen LogP contribution is 2.15. The van der Waals surface area contributed by atoms with E-state index in [0.29, 0.717) is 0 Å². The number of tetrazole rings is 1. The van der Waals surface area contributed by atoms with E-state index in [1.807, 2.05) is 18.2 Å². The van der Waals surface area contributed by atoms with Gasteiger partial charge in [-0.2, -0.15) is 0 Å². The van der Waals surface area contributed by atoms with Crippen molar-refractivity contribution >= 4 is 0 Å². The average Bonchev–Trinajstić information content (AvgIpc) is 2.93. The first kappa shape index (κ1) is 12.7. The molecular formula is C12H17N5O. The monoisotopic (exact) mass is 247 g/mol. The summed E-state index contributed by atoms with van der Waals surface area (Å²) in [6, 6.07) is 8.28. The van der Waals surface area contributed by atoms with Gasteiger partial charge in [-0.3, -0.25) is 0 Å². The van der Waals surface area contributed by atoms with E-state index in [-0.39, 0.29) is 12.6 Å². The van der Waals surface area contributed by atoms with E-state index in [9.17, 15) is 0 Å². The van der Waals surface area contributed by atoms with Gasteiger partial charge >= 0.3 is 0 Å². The van der Waals surface area contributed by atoms with Crippen LogP contribution in [0.2, 0.25) is 0 Å². The van der Waals surface area contributed by atoms with Crippen molar-refractivity contribution in [2.45, 2.75) is 19.4 Å². The minimum absolute atomic E-state index is 0.213. The van der Waals surface area contributed by atoms with Crippen molar-refractivity contribution < 1.29 is 5.11 Å². The fourth-order valence-electron chi connectivity index (χ4n) is 1.73. The van der Waals surface area contributed by atoms with Crippen LogP contribution in [0.4, 0.5) is 0 Å². The lowest BCUT2D eigenvalue weighted by Crippen LogP contribution is -2.20. The molecule has 0 fully saturated rings. The molecule has 1 atom stereocenters. The third kappa shape index (κ3) is 3.12. The summed E-state index contributed by atoms with van der Waals surface area (Å²) in [5, 5.41) is 23.2. The molecule has 0 spiro atoms. The Morgan fingerprint density at radius 2 is 2.33 bits per heavy atom. The Hall–Kier alpha value is -1.79. The van der Waals surface area contributed by atoms with Crippen molar-refractivity contribution in [3.8, 4) is 5.69 Å². The quantitative estimate of drug-likeness (QED) is 0.735. The normalized spacial score (nSPS) is 12.6. The number of benzene rings is 1. The van der Waals surface area contributed by atoms with Gasteiger partial charge < -0.3 is 10.4 Å². The van der Waals surface area contributed by atoms with Crippen LogP contribution < -0.4 is 5.32 Å². The fraction of sp³-hybridized carbons (Fsp3) is 0.417. The van der Waals surface area contributed by atoms with Crippen molar-refractivity contribution in [2.24, 2.45) is 0 Å². The first-order valence-corrected chi connectivity index (χ1v) is 5.99. The van der Waals surface area contributed by atoms with Gasteiger partial charge in [0.1, 0.15) is 6.33 Å². The molecule has 0 aliphatic rings. The summed E-state index contributed by atoms with van der Waals surface area (Å²) >= 11 is 0. The SMILES string of the molecule is CC(NCCCO)c1cccc(-n2cnnn2)c1. The van der Waals surface area contributed by atoms with Crippen LogP contribution in [0.15, 0.2) is 30.6 Å². The summed E-state index contributed by atoms with van der Waals surface area (Å²) in [5.41, 5.74) is 2.11. The predicted molar refractivity (Wildman–Crippen MR) is 67.3 cm³/mol. The smallest absolute Gasteiger partial charge is 0.143 e. The maximum Gasteiger partial charge on any atom is 0.143 e. The predicted octanol–water partition coefficient (Wildman–Crippen LogP) is 0.695. The van der Waals surface area contributed by atoms with Gasteiger partial charge in [0, 0.05) is 12.6 Å². The highest BCUT2D eigenvalue weighted by atomic mass is 16.3. The van der Waals surface area contributed by atoms with Crippen molar-refractivity contribution in [1.29, 1.82) is 0 Å². The second kappa shape index (κ2) is 6.23. The van der Waals surface area contributed by atoms with Gasteiger partial charge in [0.25, 0.3) is 0 Å². The molecule has 1 aromatic carbocycles. The third-order valence-electron chi connectivity index (χ3n) is 2.77. The van der Waals surface area contributed by atoms with Crippen LogP contribution in [0, 0.1) is 0 Å². The molecule has 1 aromatic heterocycles. The number of hydrogen-bond acceptors (Lipinski definition) is 5. The Morgan fingerprint density at radius 1 is 1.44 bits per heavy atom. The molecule has 1 unspecified atom stereocenters. The summed E-state index contributed by atoms with van der Waals surface area (Å²) in [6.45, 7) is 3.10. The van der Waals surface area contributed by atoms with Gasteiger partial charge in [0.15, 0.2) is 0 Å². The van der Waals surface area contributed by atoms with Gasteiger partial charge in [-0.25, -0.2) is 4.68 Å². The largest absolute Gasteiger partial charge is 0.396 e. The van der Waals surface area contributed by atoms with Gasteiger partial charge in [-0.05, 0) is 48.0 Å². The molecule has 18 heavy (non-hydrogen) atoms. The molecule has 6 nitrogen and oxygen atoms in total. The van der Waals surface area contributed by atoms with E-state index in [0.717, 1.165) is 18.7 Å². The van der Waals surface area contributed by atoms with Crippen molar-refractivity contribution in [3.05, 3.63) is 36.2 Å². The lowest BCUT2D eigenvalue weighted by molar-refractivity contribution is 0.284. The Bertz CT molecular complexity index is 471. The minimum Gasteiger partial charge on any atom is -0.396 e. The number of hydrogen-bond donors (Lipinski definition) is 2. The van der Waals surface area contributed by atoms with Crippen LogP contribution in [0.5, 0.6) is 0 Å². The molecule has 2 aromatic rings. The van der Waals surface area contributed by atoms with Crippen molar-refractivity contribution in [1.82, 2.24) is 25.5 Å². The molecular weight excluding hydrogens is 230 g/mol. The van der Waals surface area contributed by atoms with Gasteiger partial charge in [-0.1, -0.05) is 12.1 Å². The first-order valence-electron chi connectivity index (χ1n) is 5.99. The number of nitrogens with zero attached hydrogens (tertiary/aromatic N) is 4. The Kier molecular flexibility index (Phi) is 4.38. The molecule has 0 saturated carbocycles. The average molecular weight is 247 g/mol. The highest BCUT2D eigenvalue weighted by Gasteiger charge is 2.06. The molecule has 0 aliphatic heterocycles. The molecule has 0 amide bonds. The highest BCUT2D eigenvalue weighted by molar-refractivity contribution is 5.35. The maximum atomic E-state index is 8.75. The number of aliphatic hydroxyl groups is 1. The third-order valence-corrected chi connectivity index (χ3v) is 2.77. The molecule has 2 N–H and O–H groups in total. The molecule has 0 saturated heterocycles. The van der Waals surface area contributed by atoms with Crippen LogP contribution in [0.25, 0.3) is 5.69 Å². The zero-order valence-corrected chi connectivity index (χ0v) is 10.3. The summed E-state index contributed by atoms with van der Waals surface area (Å²) in [7, 11) is 0. The van der Waals surface area contributed by atoms with E-state index in [4.69, 9.17) is 5.11 Å². The summed E-state index contributed by atoms with van der Waals surface area (Å²) in [5.74, 6) is 0. The van der Waals surface area contributed by atoms with Crippen molar-refractivity contribution in [2.75, 3.05) is 13.2 Å². The summed E-state index contributed by atoms with van der Waals surface area (Å²) in [4.78, 5) is 0. The van der Waals surface area contributed by atoms with Crippen LogP contribution in [-0.4, -0.2) is 38.5 Å². The number of aliphatic hydroxyl groups excluding tert-OH is 1. The molecule has 96 valence electrons. The minimum atomic E-state index is 0.213. The fourth-order valence-corrected chi connectivity index (χ4v) is 1.73. The first-order chi connectivity index (χ1) is 8.81. The molecule has 2 rings (SSSR count). The zero-order chi connectivity index (χ0) is 12.8. The number of nitrogens with one attached hydrogen (secondary N) is 1. The Labute approximate surface area is 106 Å². The van der Waals surface area contributed by atoms with Crippen LogP contribution in [-0.2, 0) is 0 Å². The lowest BCUT2D eigenvalue weighted by atomic mass is 10.1. The Morgan fingerprint density at radius 3 is 3.06 bits per heavy atom. The van der Waals surface area contributed by atoms with E-state index in [1.165, 1.54) is 5.56 Å². The van der Waals surface area contributed by atoms with Gasteiger partial charge in [0.05, 0.1) is 5.69 Å². The van der Waals surface area contributed by atoms with Crippen LogP contribution in [0.3, 0.4) is 0 Å².